The fourth-order valence-corrected chi connectivity index (χ4v) is 2.24. The normalized spacial score (nSPS) is 10.9. The van der Waals surface area contributed by atoms with E-state index in [2.05, 4.69) is 10.5 Å². The van der Waals surface area contributed by atoms with Crippen LogP contribution in [0.3, 0.4) is 0 Å². The van der Waals surface area contributed by atoms with Crippen LogP contribution in [0, 0.1) is 10.1 Å². The Kier molecular flexibility index (Phi) is 4.58. The first-order chi connectivity index (χ1) is 11.6. The molecule has 0 saturated heterocycles. The Morgan fingerprint density at radius 2 is 1.92 bits per heavy atom. The van der Waals surface area contributed by atoms with Crippen LogP contribution in [0.5, 0.6) is 0 Å². The van der Waals surface area contributed by atoms with E-state index in [4.69, 9.17) is 16.0 Å². The molecule has 3 rings (SSSR count). The first-order valence-electron chi connectivity index (χ1n) is 7.01. The minimum Gasteiger partial charge on any atom is -0.455 e. The van der Waals surface area contributed by atoms with Crippen molar-refractivity contribution in [3.8, 4) is 11.3 Å². The Labute approximate surface area is 142 Å². The zero-order chi connectivity index (χ0) is 16.9. The maximum atomic E-state index is 10.6. The van der Waals surface area contributed by atoms with E-state index in [1.807, 2.05) is 24.3 Å². The quantitative estimate of drug-likeness (QED) is 0.404. The molecule has 2 aromatic carbocycles. The summed E-state index contributed by atoms with van der Waals surface area (Å²) in [5.74, 6) is 1.26. The predicted molar refractivity (Wildman–Crippen MR) is 93.5 cm³/mol. The summed E-state index contributed by atoms with van der Waals surface area (Å²) in [6.45, 7) is 0. The molecule has 3 aromatic rings. The van der Waals surface area contributed by atoms with Crippen LogP contribution >= 0.6 is 11.6 Å². The lowest BCUT2D eigenvalue weighted by molar-refractivity contribution is -0.384. The highest BCUT2D eigenvalue weighted by Crippen LogP contribution is 2.24. The van der Waals surface area contributed by atoms with Gasteiger partial charge in [-0.1, -0.05) is 23.7 Å². The number of non-ortho nitro benzene ring substituents is 1. The van der Waals surface area contributed by atoms with E-state index in [0.717, 1.165) is 5.56 Å². The number of benzene rings is 2. The minimum absolute atomic E-state index is 0.0294. The van der Waals surface area contributed by atoms with Gasteiger partial charge in [0.2, 0.25) is 0 Å². The van der Waals surface area contributed by atoms with E-state index in [1.54, 1.807) is 24.3 Å². The van der Waals surface area contributed by atoms with Crippen molar-refractivity contribution in [1.82, 2.24) is 0 Å². The second kappa shape index (κ2) is 6.97. The number of anilines is 1. The maximum absolute atomic E-state index is 10.6. The second-order valence-corrected chi connectivity index (χ2v) is 5.32. The molecule has 0 atom stereocenters. The summed E-state index contributed by atoms with van der Waals surface area (Å²) in [5.41, 5.74) is 4.33. The largest absolute Gasteiger partial charge is 0.455 e. The molecule has 1 N–H and O–H groups in total. The Bertz CT molecular complexity index is 888. The molecule has 120 valence electrons. The number of hydrogen-bond acceptors (Lipinski definition) is 5. The third-order valence-corrected chi connectivity index (χ3v) is 3.43. The van der Waals surface area contributed by atoms with E-state index in [-0.39, 0.29) is 5.69 Å². The minimum atomic E-state index is -0.451. The highest BCUT2D eigenvalue weighted by atomic mass is 35.5. The van der Waals surface area contributed by atoms with Crippen LogP contribution in [-0.4, -0.2) is 11.1 Å². The van der Waals surface area contributed by atoms with Gasteiger partial charge >= 0.3 is 0 Å². The molecule has 1 heterocycles. The summed E-state index contributed by atoms with van der Waals surface area (Å²) in [6, 6.07) is 17.0. The number of nitro groups is 1. The summed E-state index contributed by atoms with van der Waals surface area (Å²) in [6.07, 6.45) is 1.52. The summed E-state index contributed by atoms with van der Waals surface area (Å²) < 4.78 is 5.68. The molecule has 24 heavy (non-hydrogen) atoms. The van der Waals surface area contributed by atoms with Crippen LogP contribution in [-0.2, 0) is 0 Å². The Morgan fingerprint density at radius 3 is 2.62 bits per heavy atom. The molecule has 0 saturated carbocycles. The average molecular weight is 342 g/mol. The fraction of sp³-hybridized carbons (Fsp3) is 0. The van der Waals surface area contributed by atoms with Gasteiger partial charge in [0.25, 0.3) is 5.69 Å². The Morgan fingerprint density at radius 1 is 1.12 bits per heavy atom. The molecular weight excluding hydrogens is 330 g/mol. The highest BCUT2D eigenvalue weighted by Gasteiger charge is 2.05. The topological polar surface area (TPSA) is 80.7 Å². The molecule has 6 nitrogen and oxygen atoms in total. The lowest BCUT2D eigenvalue weighted by Gasteiger charge is -1.99. The van der Waals surface area contributed by atoms with Crippen LogP contribution in [0.15, 0.2) is 70.2 Å². The molecule has 0 bridgehead atoms. The van der Waals surface area contributed by atoms with Crippen LogP contribution in [0.4, 0.5) is 11.4 Å². The molecule has 0 amide bonds. The van der Waals surface area contributed by atoms with Gasteiger partial charge in [-0.05, 0) is 36.4 Å². The summed E-state index contributed by atoms with van der Waals surface area (Å²) in [4.78, 5) is 10.1. The molecule has 0 fully saturated rings. The van der Waals surface area contributed by atoms with E-state index >= 15 is 0 Å². The van der Waals surface area contributed by atoms with Gasteiger partial charge in [0.15, 0.2) is 0 Å². The molecule has 0 spiro atoms. The number of hydrogen-bond donors (Lipinski definition) is 1. The van der Waals surface area contributed by atoms with E-state index < -0.39 is 4.92 Å². The number of halogens is 1. The molecule has 1 aromatic heterocycles. The number of nitro benzene ring substituents is 1. The molecule has 0 aliphatic heterocycles. The summed E-state index contributed by atoms with van der Waals surface area (Å²) in [5, 5.41) is 15.3. The first-order valence-corrected chi connectivity index (χ1v) is 7.39. The van der Waals surface area contributed by atoms with Crippen LogP contribution in [0.25, 0.3) is 11.3 Å². The predicted octanol–water partition coefficient (Wildman–Crippen LogP) is 4.95. The van der Waals surface area contributed by atoms with Crippen molar-refractivity contribution < 1.29 is 9.34 Å². The van der Waals surface area contributed by atoms with Gasteiger partial charge in [-0.2, -0.15) is 5.10 Å². The molecular formula is C17H12ClN3O3. The lowest BCUT2D eigenvalue weighted by Crippen LogP contribution is -1.91. The number of rotatable bonds is 5. The van der Waals surface area contributed by atoms with Gasteiger partial charge < -0.3 is 4.42 Å². The van der Waals surface area contributed by atoms with Crippen LogP contribution in [0.2, 0.25) is 5.02 Å². The zero-order valence-corrected chi connectivity index (χ0v) is 13.1. The van der Waals surface area contributed by atoms with Gasteiger partial charge in [0, 0.05) is 22.7 Å². The zero-order valence-electron chi connectivity index (χ0n) is 12.3. The van der Waals surface area contributed by atoms with Gasteiger partial charge in [-0.3, -0.25) is 15.5 Å². The molecule has 0 radical (unpaired) electrons. The Balaban J connectivity index is 1.66. The first kappa shape index (κ1) is 15.8. The highest BCUT2D eigenvalue weighted by molar-refractivity contribution is 6.30. The summed E-state index contributed by atoms with van der Waals surface area (Å²) >= 11 is 5.96. The number of hydrazone groups is 1. The number of nitrogens with zero attached hydrogens (tertiary/aromatic N) is 2. The number of nitrogens with one attached hydrogen (secondary N) is 1. The van der Waals surface area contributed by atoms with Crippen molar-refractivity contribution >= 4 is 29.2 Å². The van der Waals surface area contributed by atoms with Crippen molar-refractivity contribution in [2.45, 2.75) is 0 Å². The fourth-order valence-electron chi connectivity index (χ4n) is 2.05. The van der Waals surface area contributed by atoms with E-state index in [9.17, 15) is 10.1 Å². The van der Waals surface area contributed by atoms with Crippen LogP contribution < -0.4 is 5.43 Å². The average Bonchev–Trinajstić information content (AvgIpc) is 3.04. The second-order valence-electron chi connectivity index (χ2n) is 4.89. The van der Waals surface area contributed by atoms with Crippen molar-refractivity contribution in [2.24, 2.45) is 5.10 Å². The van der Waals surface area contributed by atoms with E-state index in [1.165, 1.54) is 18.3 Å². The van der Waals surface area contributed by atoms with Crippen molar-refractivity contribution in [3.63, 3.8) is 0 Å². The van der Waals surface area contributed by atoms with Crippen molar-refractivity contribution in [2.75, 3.05) is 5.43 Å². The third kappa shape index (κ3) is 3.80. The smallest absolute Gasteiger partial charge is 0.269 e. The van der Waals surface area contributed by atoms with E-state index in [0.29, 0.717) is 22.2 Å². The number of furan rings is 1. The lowest BCUT2D eigenvalue weighted by atomic mass is 10.2. The van der Waals surface area contributed by atoms with Gasteiger partial charge in [-0.25, -0.2) is 0 Å². The SMILES string of the molecule is O=[N+]([O-])c1ccc(NN=Cc2ccc(-c3cccc(Cl)c3)o2)cc1. The van der Waals surface area contributed by atoms with Crippen molar-refractivity contribution in [3.05, 3.63) is 81.6 Å². The summed E-state index contributed by atoms with van der Waals surface area (Å²) in [7, 11) is 0. The maximum Gasteiger partial charge on any atom is 0.269 e. The molecule has 0 aliphatic carbocycles. The Hall–Kier alpha value is -3.12. The van der Waals surface area contributed by atoms with Gasteiger partial charge in [0.05, 0.1) is 16.8 Å². The van der Waals surface area contributed by atoms with Crippen LogP contribution in [0.1, 0.15) is 5.76 Å². The van der Waals surface area contributed by atoms with Gasteiger partial charge in [0.1, 0.15) is 11.5 Å². The standard InChI is InChI=1S/C17H12ClN3O3/c18-13-3-1-2-12(10-13)17-9-8-16(24-17)11-19-20-14-4-6-15(7-5-14)21(22)23/h1-11,20H. The molecule has 0 aliphatic rings. The molecule has 0 unspecified atom stereocenters. The van der Waals surface area contributed by atoms with Crippen molar-refractivity contribution in [1.29, 1.82) is 0 Å². The molecule has 7 heteroatoms. The monoisotopic (exact) mass is 341 g/mol. The van der Waals surface area contributed by atoms with Gasteiger partial charge in [-0.15, -0.1) is 0 Å². The third-order valence-electron chi connectivity index (χ3n) is 3.20.